The summed E-state index contributed by atoms with van der Waals surface area (Å²) in [6, 6.07) is 4.71. The molecule has 5 nitrogen and oxygen atoms in total. The highest BCUT2D eigenvalue weighted by Crippen LogP contribution is 2.27. The van der Waals surface area contributed by atoms with Crippen LogP contribution < -0.4 is 4.74 Å². The molecule has 22 heavy (non-hydrogen) atoms. The summed E-state index contributed by atoms with van der Waals surface area (Å²) in [5.41, 5.74) is 1.28. The van der Waals surface area contributed by atoms with Gasteiger partial charge in [-0.3, -0.25) is 9.20 Å². The molecule has 114 valence electrons. The van der Waals surface area contributed by atoms with Crippen molar-refractivity contribution in [3.63, 3.8) is 0 Å². The van der Waals surface area contributed by atoms with Crippen LogP contribution in [0.3, 0.4) is 0 Å². The zero-order valence-corrected chi connectivity index (χ0v) is 12.6. The number of carboxylic acids is 1. The minimum atomic E-state index is -0.877. The molecule has 0 aliphatic rings. The van der Waals surface area contributed by atoms with E-state index in [2.05, 4.69) is 4.98 Å². The Kier molecular flexibility index (Phi) is 3.81. The lowest BCUT2D eigenvalue weighted by molar-refractivity contribution is -0.136. The maximum Gasteiger partial charge on any atom is 0.308 e. The Morgan fingerprint density at radius 3 is 2.91 bits per heavy atom. The van der Waals surface area contributed by atoms with E-state index in [-0.39, 0.29) is 12.2 Å². The molecule has 0 unspecified atom stereocenters. The van der Waals surface area contributed by atoms with Crippen LogP contribution in [0.4, 0.5) is 4.39 Å². The Balaban J connectivity index is 1.91. The van der Waals surface area contributed by atoms with Crippen molar-refractivity contribution in [1.29, 1.82) is 0 Å². The molecule has 0 saturated carbocycles. The van der Waals surface area contributed by atoms with Crippen LogP contribution in [-0.2, 0) is 11.2 Å². The summed E-state index contributed by atoms with van der Waals surface area (Å²) in [6.45, 7) is 2.20. The summed E-state index contributed by atoms with van der Waals surface area (Å²) in [7, 11) is 0. The molecule has 0 amide bonds. The van der Waals surface area contributed by atoms with E-state index in [1.165, 1.54) is 17.4 Å². The lowest BCUT2D eigenvalue weighted by atomic mass is 10.1. The maximum absolute atomic E-state index is 13.9. The molecule has 3 rings (SSSR count). The first-order valence-electron chi connectivity index (χ1n) is 6.68. The number of imidazole rings is 1. The number of rotatable bonds is 5. The normalized spacial score (nSPS) is 11.0. The highest BCUT2D eigenvalue weighted by molar-refractivity contribution is 7.17. The number of carbonyl (C=O) groups is 1. The standard InChI is InChI=1S/C15H13FN2O3S/c1-2-21-13-4-3-9(5-11(13)16)12-8-18-7-10(6-14(19)20)22-15(18)17-12/h3-5,7-8H,2,6H2,1H3,(H,19,20). The van der Waals surface area contributed by atoms with E-state index in [9.17, 15) is 9.18 Å². The van der Waals surface area contributed by atoms with Crippen molar-refractivity contribution >= 4 is 22.3 Å². The van der Waals surface area contributed by atoms with Gasteiger partial charge in [-0.2, -0.15) is 0 Å². The fourth-order valence-corrected chi connectivity index (χ4v) is 3.10. The van der Waals surface area contributed by atoms with Gasteiger partial charge in [0.2, 0.25) is 0 Å². The molecule has 3 aromatic rings. The number of hydrogen-bond acceptors (Lipinski definition) is 4. The molecule has 0 bridgehead atoms. The SMILES string of the molecule is CCOc1ccc(-c2cn3cc(CC(=O)O)sc3n2)cc1F. The second-order valence-electron chi connectivity index (χ2n) is 4.66. The smallest absolute Gasteiger partial charge is 0.308 e. The second kappa shape index (κ2) is 5.76. The van der Waals surface area contributed by atoms with Gasteiger partial charge in [0, 0.05) is 22.8 Å². The molecular formula is C15H13FN2O3S. The van der Waals surface area contributed by atoms with Crippen LogP contribution >= 0.6 is 11.3 Å². The zero-order valence-electron chi connectivity index (χ0n) is 11.7. The molecule has 0 radical (unpaired) electrons. The van der Waals surface area contributed by atoms with Gasteiger partial charge >= 0.3 is 5.97 Å². The zero-order chi connectivity index (χ0) is 15.7. The number of aliphatic carboxylic acids is 1. The van der Waals surface area contributed by atoms with Gasteiger partial charge in [-0.05, 0) is 25.1 Å². The van der Waals surface area contributed by atoms with E-state index >= 15 is 0 Å². The lowest BCUT2D eigenvalue weighted by Crippen LogP contribution is -1.97. The first kappa shape index (κ1) is 14.5. The minimum absolute atomic E-state index is 0.0267. The molecule has 0 atom stereocenters. The van der Waals surface area contributed by atoms with E-state index in [1.807, 2.05) is 0 Å². The van der Waals surface area contributed by atoms with Crippen LogP contribution in [0, 0.1) is 5.82 Å². The van der Waals surface area contributed by atoms with E-state index in [4.69, 9.17) is 9.84 Å². The molecule has 2 aromatic heterocycles. The van der Waals surface area contributed by atoms with Gasteiger partial charge in [0.05, 0.1) is 18.7 Å². The predicted octanol–water partition coefficient (Wildman–Crippen LogP) is 3.23. The highest BCUT2D eigenvalue weighted by Gasteiger charge is 2.12. The molecular weight excluding hydrogens is 307 g/mol. The topological polar surface area (TPSA) is 63.8 Å². The third-order valence-electron chi connectivity index (χ3n) is 3.06. The molecule has 2 heterocycles. The minimum Gasteiger partial charge on any atom is -0.491 e. The number of hydrogen-bond donors (Lipinski definition) is 1. The third-order valence-corrected chi connectivity index (χ3v) is 4.05. The van der Waals surface area contributed by atoms with Gasteiger partial charge in [0.25, 0.3) is 0 Å². The number of benzene rings is 1. The van der Waals surface area contributed by atoms with E-state index in [1.54, 1.807) is 35.9 Å². The number of halogens is 1. The summed E-state index contributed by atoms with van der Waals surface area (Å²) in [4.78, 5) is 16.5. The molecule has 1 N–H and O–H groups in total. The number of carboxylic acid groups (broad SMARTS) is 1. The fourth-order valence-electron chi connectivity index (χ4n) is 2.15. The van der Waals surface area contributed by atoms with Crippen LogP contribution in [0.25, 0.3) is 16.2 Å². The van der Waals surface area contributed by atoms with Crippen LogP contribution in [0.5, 0.6) is 5.75 Å². The molecule has 0 spiro atoms. The molecule has 1 aromatic carbocycles. The molecule has 7 heteroatoms. The summed E-state index contributed by atoms with van der Waals surface area (Å²) in [5, 5.41) is 8.79. The number of fused-ring (bicyclic) bond motifs is 1. The summed E-state index contributed by atoms with van der Waals surface area (Å²) in [6.07, 6.45) is 3.46. The van der Waals surface area contributed by atoms with Crippen molar-refractivity contribution in [1.82, 2.24) is 9.38 Å². The lowest BCUT2D eigenvalue weighted by Gasteiger charge is -2.05. The van der Waals surface area contributed by atoms with E-state index in [0.29, 0.717) is 22.8 Å². The highest BCUT2D eigenvalue weighted by atomic mass is 32.1. The Bertz CT molecular complexity index is 809. The molecule has 0 aliphatic carbocycles. The summed E-state index contributed by atoms with van der Waals surface area (Å²) in [5.74, 6) is -1.09. The monoisotopic (exact) mass is 320 g/mol. The van der Waals surface area contributed by atoms with Crippen molar-refractivity contribution in [2.45, 2.75) is 13.3 Å². The second-order valence-corrected chi connectivity index (χ2v) is 5.76. The first-order chi connectivity index (χ1) is 10.6. The van der Waals surface area contributed by atoms with Crippen LogP contribution in [0.2, 0.25) is 0 Å². The number of nitrogens with zero attached hydrogens (tertiary/aromatic N) is 2. The Hall–Kier alpha value is -2.41. The third kappa shape index (κ3) is 2.80. The predicted molar refractivity (Wildman–Crippen MR) is 81.0 cm³/mol. The average Bonchev–Trinajstić information content (AvgIpc) is 2.98. The molecule has 0 saturated heterocycles. The van der Waals surface area contributed by atoms with Gasteiger partial charge < -0.3 is 9.84 Å². The van der Waals surface area contributed by atoms with Gasteiger partial charge in [-0.25, -0.2) is 9.37 Å². The van der Waals surface area contributed by atoms with Crippen LogP contribution in [0.15, 0.2) is 30.6 Å². The van der Waals surface area contributed by atoms with Crippen molar-refractivity contribution in [2.75, 3.05) is 6.61 Å². The number of aromatic nitrogens is 2. The van der Waals surface area contributed by atoms with Gasteiger partial charge in [0.15, 0.2) is 16.5 Å². The fraction of sp³-hybridized carbons (Fsp3) is 0.200. The first-order valence-corrected chi connectivity index (χ1v) is 7.50. The van der Waals surface area contributed by atoms with Crippen molar-refractivity contribution < 1.29 is 19.0 Å². The number of ether oxygens (including phenoxy) is 1. The van der Waals surface area contributed by atoms with Crippen LogP contribution in [0.1, 0.15) is 11.8 Å². The van der Waals surface area contributed by atoms with Gasteiger partial charge in [-0.1, -0.05) is 0 Å². The number of thiazole rings is 1. The van der Waals surface area contributed by atoms with Crippen LogP contribution in [-0.4, -0.2) is 27.1 Å². The molecule has 0 aliphatic heterocycles. The van der Waals surface area contributed by atoms with Crippen molar-refractivity contribution in [2.24, 2.45) is 0 Å². The average molecular weight is 320 g/mol. The molecule has 0 fully saturated rings. The van der Waals surface area contributed by atoms with E-state index < -0.39 is 11.8 Å². The Morgan fingerprint density at radius 2 is 2.27 bits per heavy atom. The van der Waals surface area contributed by atoms with Crippen molar-refractivity contribution in [3.05, 3.63) is 41.3 Å². The summed E-state index contributed by atoms with van der Waals surface area (Å²) >= 11 is 1.31. The van der Waals surface area contributed by atoms with E-state index in [0.717, 1.165) is 4.88 Å². The van der Waals surface area contributed by atoms with Gasteiger partial charge in [0.1, 0.15) is 0 Å². The Labute approximate surface area is 129 Å². The quantitative estimate of drug-likeness (QED) is 0.784. The van der Waals surface area contributed by atoms with Gasteiger partial charge in [-0.15, -0.1) is 11.3 Å². The Morgan fingerprint density at radius 1 is 1.45 bits per heavy atom. The largest absolute Gasteiger partial charge is 0.491 e. The summed E-state index contributed by atoms with van der Waals surface area (Å²) < 4.78 is 20.8. The maximum atomic E-state index is 13.9. The van der Waals surface area contributed by atoms with Crippen molar-refractivity contribution in [3.8, 4) is 17.0 Å².